The van der Waals surface area contributed by atoms with Crippen LogP contribution < -0.4 is 35.7 Å². The number of pyridine rings is 4. The molecule has 0 saturated heterocycles. The SMILES string of the molecule is CC(=O)[O-].CC(=O)[O-].Cc1ccc(C(=O)[O-])cc1.Cc1ccc(C(=O)[O-])cc1.Cc1ccc(C(=O)[O-])cc1.Cc1ccc(C(=O)[O-])cc1.Cc1ccc(C(=O)[O-])cc1.[Pr+3].[Zn+2].[Zn+2].c1cnc2c(c1)ccc1cccnc12.c1cnc2c(c1)ccc1cccnc12. The van der Waals surface area contributed by atoms with Crippen LogP contribution in [0.1, 0.15) is 93.5 Å². The molecule has 0 aliphatic rings. The van der Waals surface area contributed by atoms with Crippen molar-refractivity contribution in [3.63, 3.8) is 0 Å². The molecule has 0 spiro atoms. The minimum atomic E-state index is -1.12. The van der Waals surface area contributed by atoms with Crippen LogP contribution in [0, 0.1) is 75.9 Å². The van der Waals surface area contributed by atoms with E-state index < -0.39 is 41.8 Å². The zero-order valence-corrected chi connectivity index (χ0v) is 59.4. The van der Waals surface area contributed by atoms with Gasteiger partial charge in [-0.1, -0.05) is 198 Å². The Morgan fingerprint density at radius 1 is 0.258 bits per heavy atom. The van der Waals surface area contributed by atoms with Crippen LogP contribution in [0.25, 0.3) is 43.6 Å². The van der Waals surface area contributed by atoms with Crippen LogP contribution in [0.2, 0.25) is 0 Å². The Labute approximate surface area is 572 Å². The number of aromatic carboxylic acids is 5. The molecular weight excluding hydrogens is 1370 g/mol. The largest absolute Gasteiger partial charge is 3.00 e. The van der Waals surface area contributed by atoms with Gasteiger partial charge in [0.25, 0.3) is 0 Å². The molecule has 11 rings (SSSR count). The smallest absolute Gasteiger partial charge is 0.550 e. The molecule has 0 N–H and O–H groups in total. The Hall–Kier alpha value is -8.92. The van der Waals surface area contributed by atoms with Crippen molar-refractivity contribution < 1.29 is 150 Å². The molecule has 21 heteroatoms. The molecule has 440 valence electrons. The molecule has 11 aromatic rings. The number of rotatable bonds is 5. The summed E-state index contributed by atoms with van der Waals surface area (Å²) < 4.78 is 0. The van der Waals surface area contributed by atoms with Crippen LogP contribution in [0.15, 0.2) is 219 Å². The molecule has 0 saturated carbocycles. The number of nitrogens with zero attached hydrogens (tertiary/aromatic N) is 4. The van der Waals surface area contributed by atoms with E-state index in [1.165, 1.54) is 60.7 Å². The second kappa shape index (κ2) is 42.8. The molecule has 0 bridgehead atoms. The third-order valence-electron chi connectivity index (χ3n) is 11.1. The Kier molecular flexibility index (Phi) is 38.5. The maximum absolute atomic E-state index is 10.2. The zero-order valence-electron chi connectivity index (χ0n) is 49.8. The minimum Gasteiger partial charge on any atom is -0.550 e. The van der Waals surface area contributed by atoms with Gasteiger partial charge in [0.2, 0.25) is 0 Å². The van der Waals surface area contributed by atoms with Gasteiger partial charge in [-0.25, -0.2) is 0 Å². The van der Waals surface area contributed by atoms with Crippen molar-refractivity contribution in [2.24, 2.45) is 0 Å². The van der Waals surface area contributed by atoms with Crippen molar-refractivity contribution in [3.8, 4) is 0 Å². The van der Waals surface area contributed by atoms with E-state index in [0.29, 0.717) is 0 Å². The van der Waals surface area contributed by atoms with E-state index in [2.05, 4.69) is 68.5 Å². The number of hydrogen-bond donors (Lipinski definition) is 0. The maximum Gasteiger partial charge on any atom is 3.00 e. The van der Waals surface area contributed by atoms with Gasteiger partial charge in [-0.05, 0) is 101 Å². The van der Waals surface area contributed by atoms with E-state index in [0.717, 1.165) is 85.3 Å². The van der Waals surface area contributed by atoms with Crippen molar-refractivity contribution >= 4 is 85.4 Å². The molecule has 0 aliphatic carbocycles. The van der Waals surface area contributed by atoms with Crippen LogP contribution in [0.4, 0.5) is 0 Å². The van der Waals surface area contributed by atoms with Gasteiger partial charge in [-0.3, -0.25) is 19.9 Å². The molecule has 0 amide bonds. The summed E-state index contributed by atoms with van der Waals surface area (Å²) >= 11 is 0. The number of carbonyl (C=O) groups excluding carboxylic acids is 7. The molecular formula is C68H57N4O14PrZn2. The summed E-state index contributed by atoms with van der Waals surface area (Å²) in [5, 5.41) is 73.3. The average molecular weight is 1430 g/mol. The Morgan fingerprint density at radius 3 is 0.517 bits per heavy atom. The standard InChI is InChI=1S/2C12H8N2.5C8H8O2.2C2H4O2.Pr.2Zn/c2*1-3-9-5-6-10-4-2-8-14-12(10)11(9)13-7-1;5*1-6-2-4-7(5-3-6)8(9)10;2*1-2(3)4;;;/h2*1-8H;5*2-5H,1H3,(H,9,10);2*1H3,(H,3,4);;;/q;;;;;;;;;+3;2*+2/p-7. The van der Waals surface area contributed by atoms with Gasteiger partial charge in [-0.15, -0.1) is 0 Å². The summed E-state index contributed by atoms with van der Waals surface area (Å²) in [6.07, 6.45) is 7.21. The molecule has 89 heavy (non-hydrogen) atoms. The number of aryl methyl sites for hydroxylation is 5. The fraction of sp³-hybridized carbons (Fsp3) is 0.103. The first-order chi connectivity index (χ1) is 40.9. The fourth-order valence-electron chi connectivity index (χ4n) is 6.81. The minimum absolute atomic E-state index is 0. The van der Waals surface area contributed by atoms with Crippen LogP contribution >= 0.6 is 0 Å². The number of benzene rings is 7. The topological polar surface area (TPSA) is 332 Å². The van der Waals surface area contributed by atoms with Crippen molar-refractivity contribution in [1.29, 1.82) is 0 Å². The molecule has 4 aromatic heterocycles. The summed E-state index contributed by atoms with van der Waals surface area (Å²) in [4.78, 5) is 86.2. The second-order valence-corrected chi connectivity index (χ2v) is 18.2. The first kappa shape index (κ1) is 80.1. The molecule has 7 aromatic carbocycles. The fourth-order valence-corrected chi connectivity index (χ4v) is 6.81. The van der Waals surface area contributed by atoms with E-state index >= 15 is 0 Å². The Morgan fingerprint density at radius 2 is 0.393 bits per heavy atom. The number of fused-ring (bicyclic) bond motifs is 6. The number of aromatic nitrogens is 4. The van der Waals surface area contributed by atoms with E-state index in [4.69, 9.17) is 19.8 Å². The molecule has 18 nitrogen and oxygen atoms in total. The molecule has 0 radical (unpaired) electrons. The summed E-state index contributed by atoms with van der Waals surface area (Å²) in [5.41, 5.74) is 10.3. The average Bonchev–Trinajstić information content (AvgIpc) is 1.55. The van der Waals surface area contributed by atoms with Crippen molar-refractivity contribution in [2.75, 3.05) is 0 Å². The van der Waals surface area contributed by atoms with Crippen molar-refractivity contribution in [1.82, 2.24) is 19.9 Å². The van der Waals surface area contributed by atoms with Gasteiger partial charge < -0.3 is 69.3 Å². The summed E-state index contributed by atoms with van der Waals surface area (Å²) in [5.74, 6) is -7.79. The van der Waals surface area contributed by atoms with Gasteiger partial charge >= 0.3 is 80.2 Å². The predicted molar refractivity (Wildman–Crippen MR) is 313 cm³/mol. The molecule has 0 fully saturated rings. The van der Waals surface area contributed by atoms with Crippen LogP contribution in [0.5, 0.6) is 0 Å². The van der Waals surface area contributed by atoms with Crippen LogP contribution in [-0.2, 0) is 48.5 Å². The third-order valence-corrected chi connectivity index (χ3v) is 11.1. The predicted octanol–water partition coefficient (Wildman–Crippen LogP) is 4.87. The zero-order chi connectivity index (χ0) is 63.7. The number of hydrogen-bond acceptors (Lipinski definition) is 18. The monoisotopic (exact) mass is 1420 g/mol. The van der Waals surface area contributed by atoms with E-state index in [9.17, 15) is 49.5 Å². The summed E-state index contributed by atoms with van der Waals surface area (Å²) in [6.45, 7) is 11.5. The first-order valence-electron chi connectivity index (χ1n) is 25.8. The third kappa shape index (κ3) is 31.0. The Balaban J connectivity index is 0.000000995. The van der Waals surface area contributed by atoms with Gasteiger partial charge in [0.1, 0.15) is 0 Å². The molecule has 0 atom stereocenters. The normalized spacial score (nSPS) is 9.20. The van der Waals surface area contributed by atoms with Crippen LogP contribution in [-0.4, -0.2) is 61.7 Å². The quantitative estimate of drug-likeness (QED) is 0.164. The van der Waals surface area contributed by atoms with Gasteiger partial charge in [0.15, 0.2) is 0 Å². The van der Waals surface area contributed by atoms with Crippen molar-refractivity contribution in [2.45, 2.75) is 48.5 Å². The van der Waals surface area contributed by atoms with E-state index in [1.807, 2.05) is 58.9 Å². The van der Waals surface area contributed by atoms with E-state index in [-0.39, 0.29) is 108 Å². The van der Waals surface area contributed by atoms with Crippen LogP contribution in [0.3, 0.4) is 0 Å². The number of carboxylic acid groups (broad SMARTS) is 7. The van der Waals surface area contributed by atoms with E-state index in [1.54, 1.807) is 85.5 Å². The first-order valence-corrected chi connectivity index (χ1v) is 25.8. The maximum atomic E-state index is 10.2. The van der Waals surface area contributed by atoms with Crippen molar-refractivity contribution in [3.05, 3.63) is 275 Å². The second-order valence-electron chi connectivity index (χ2n) is 18.2. The number of carboxylic acids is 7. The van der Waals surface area contributed by atoms with Gasteiger partial charge in [-0.2, -0.15) is 0 Å². The molecule has 0 aliphatic heterocycles. The van der Waals surface area contributed by atoms with Gasteiger partial charge in [0.05, 0.1) is 51.9 Å². The summed E-state index contributed by atoms with van der Waals surface area (Å²) in [6, 6.07) is 57.0. The van der Waals surface area contributed by atoms with Gasteiger partial charge in [0, 0.05) is 58.3 Å². The number of carbonyl (C=O) groups is 7. The molecule has 0 unspecified atom stereocenters. The summed E-state index contributed by atoms with van der Waals surface area (Å²) in [7, 11) is 0. The number of aliphatic carboxylic acids is 2. The Bertz CT molecular complexity index is 3450. The molecule has 4 heterocycles.